The van der Waals surface area contributed by atoms with Gasteiger partial charge in [-0.2, -0.15) is 0 Å². The Morgan fingerprint density at radius 1 is 1.00 bits per heavy atom. The molecule has 1 amide bonds. The predicted molar refractivity (Wildman–Crippen MR) is 111 cm³/mol. The van der Waals surface area contributed by atoms with Gasteiger partial charge in [0.05, 0.1) is 4.90 Å². The highest BCUT2D eigenvalue weighted by Crippen LogP contribution is 2.16. The Hall–Kier alpha value is -2.18. The third-order valence-electron chi connectivity index (χ3n) is 5.28. The molecule has 0 atom stereocenters. The molecule has 0 radical (unpaired) electrons. The third-order valence-corrected chi connectivity index (χ3v) is 6.82. The second kappa shape index (κ2) is 9.34. The van der Waals surface area contributed by atoms with Crippen LogP contribution in [0.5, 0.6) is 0 Å². The fourth-order valence-electron chi connectivity index (χ4n) is 3.48. The number of aryl methyl sites for hydroxylation is 2. The van der Waals surface area contributed by atoms with Gasteiger partial charge in [-0.25, -0.2) is 13.1 Å². The molecule has 1 aliphatic rings. The fraction of sp³-hybridized carbons (Fsp3) is 0.409. The van der Waals surface area contributed by atoms with Crippen molar-refractivity contribution in [3.05, 3.63) is 65.7 Å². The van der Waals surface area contributed by atoms with Gasteiger partial charge in [0.25, 0.3) is 0 Å². The monoisotopic (exact) mass is 400 g/mol. The van der Waals surface area contributed by atoms with E-state index in [4.69, 9.17) is 0 Å². The topological polar surface area (TPSA) is 66.5 Å². The minimum atomic E-state index is -3.50. The van der Waals surface area contributed by atoms with Gasteiger partial charge in [0, 0.05) is 25.6 Å². The van der Waals surface area contributed by atoms with Crippen LogP contribution in [0.3, 0.4) is 0 Å². The van der Waals surface area contributed by atoms with Crippen LogP contribution < -0.4 is 4.72 Å². The number of hydrogen-bond acceptors (Lipinski definition) is 3. The Labute approximate surface area is 167 Å². The molecule has 5 nitrogen and oxygen atoms in total. The Balaban J connectivity index is 1.46. The third kappa shape index (κ3) is 5.42. The summed E-state index contributed by atoms with van der Waals surface area (Å²) in [5.74, 6) is 0.143. The van der Waals surface area contributed by atoms with Crippen molar-refractivity contribution >= 4 is 15.9 Å². The van der Waals surface area contributed by atoms with Gasteiger partial charge in [0.2, 0.25) is 15.9 Å². The molecule has 6 heteroatoms. The summed E-state index contributed by atoms with van der Waals surface area (Å²) in [6.07, 6.45) is 3.53. The normalized spacial score (nSPS) is 15.5. The van der Waals surface area contributed by atoms with Gasteiger partial charge in [-0.3, -0.25) is 4.79 Å². The number of hydrogen-bond donors (Lipinski definition) is 1. The first-order valence-corrected chi connectivity index (χ1v) is 11.4. The summed E-state index contributed by atoms with van der Waals surface area (Å²) in [5.41, 5.74) is 2.48. The molecule has 2 aromatic rings. The lowest BCUT2D eigenvalue weighted by molar-refractivity contribution is -0.132. The Morgan fingerprint density at radius 3 is 2.21 bits per heavy atom. The molecule has 28 heavy (non-hydrogen) atoms. The number of benzene rings is 2. The summed E-state index contributed by atoms with van der Waals surface area (Å²) in [6.45, 7) is 3.31. The maximum atomic E-state index is 12.5. The van der Waals surface area contributed by atoms with Crippen LogP contribution in [-0.4, -0.2) is 38.4 Å². The maximum Gasteiger partial charge on any atom is 0.240 e. The van der Waals surface area contributed by atoms with Crippen LogP contribution in [0.15, 0.2) is 59.5 Å². The first-order chi connectivity index (χ1) is 13.5. The number of nitrogens with one attached hydrogen (secondary N) is 1. The van der Waals surface area contributed by atoms with Crippen molar-refractivity contribution in [2.24, 2.45) is 0 Å². The zero-order valence-corrected chi connectivity index (χ0v) is 17.1. The van der Waals surface area contributed by atoms with Gasteiger partial charge in [0.15, 0.2) is 0 Å². The minimum absolute atomic E-state index is 0.129. The van der Waals surface area contributed by atoms with Crippen molar-refractivity contribution in [1.82, 2.24) is 9.62 Å². The molecular weight excluding hydrogens is 372 g/mol. The van der Waals surface area contributed by atoms with E-state index in [2.05, 4.69) is 35.9 Å². The molecule has 1 heterocycles. The fourth-order valence-corrected chi connectivity index (χ4v) is 4.81. The smallest absolute Gasteiger partial charge is 0.240 e. The highest BCUT2D eigenvalue weighted by atomic mass is 32.2. The minimum Gasteiger partial charge on any atom is -0.343 e. The lowest BCUT2D eigenvalue weighted by Crippen LogP contribution is -2.46. The first kappa shape index (κ1) is 20.6. The van der Waals surface area contributed by atoms with Crippen molar-refractivity contribution in [2.45, 2.75) is 50.0 Å². The molecule has 150 valence electrons. The van der Waals surface area contributed by atoms with Crippen LogP contribution in [0, 0.1) is 0 Å². The quantitative estimate of drug-likeness (QED) is 0.776. The van der Waals surface area contributed by atoms with E-state index < -0.39 is 10.0 Å². The van der Waals surface area contributed by atoms with Gasteiger partial charge in [0.1, 0.15) is 0 Å². The van der Waals surface area contributed by atoms with E-state index in [1.165, 1.54) is 11.1 Å². The SMILES string of the molecule is CCc1ccc(CCC(=O)N2CCC(NS(=O)(=O)c3ccccc3)CC2)cc1. The van der Waals surface area contributed by atoms with Crippen molar-refractivity contribution in [3.8, 4) is 0 Å². The van der Waals surface area contributed by atoms with E-state index in [-0.39, 0.29) is 16.8 Å². The number of likely N-dealkylation sites (tertiary alicyclic amines) is 1. The lowest BCUT2D eigenvalue weighted by Gasteiger charge is -2.32. The molecule has 0 unspecified atom stereocenters. The molecule has 3 rings (SSSR count). The summed E-state index contributed by atoms with van der Waals surface area (Å²) in [4.78, 5) is 14.6. The molecule has 1 saturated heterocycles. The van der Waals surface area contributed by atoms with Gasteiger partial charge < -0.3 is 4.90 Å². The molecule has 2 aromatic carbocycles. The number of sulfonamides is 1. The highest BCUT2D eigenvalue weighted by Gasteiger charge is 2.26. The molecular formula is C22H28N2O3S. The molecule has 0 saturated carbocycles. The van der Waals surface area contributed by atoms with Crippen molar-refractivity contribution in [3.63, 3.8) is 0 Å². The molecule has 1 fully saturated rings. The zero-order chi connectivity index (χ0) is 20.0. The number of carbonyl (C=O) groups is 1. The predicted octanol–water partition coefficient (Wildman–Crippen LogP) is 3.15. The van der Waals surface area contributed by atoms with Crippen LogP contribution in [0.25, 0.3) is 0 Å². The van der Waals surface area contributed by atoms with E-state index in [0.29, 0.717) is 32.4 Å². The van der Waals surface area contributed by atoms with E-state index in [1.807, 2.05) is 4.90 Å². The molecule has 1 N–H and O–H groups in total. The summed E-state index contributed by atoms with van der Waals surface area (Å²) < 4.78 is 27.6. The lowest BCUT2D eigenvalue weighted by atomic mass is 10.0. The molecule has 0 bridgehead atoms. The van der Waals surface area contributed by atoms with Crippen LogP contribution in [-0.2, 0) is 27.7 Å². The van der Waals surface area contributed by atoms with Crippen molar-refractivity contribution in [2.75, 3.05) is 13.1 Å². The number of piperidine rings is 1. The van der Waals surface area contributed by atoms with Crippen molar-refractivity contribution in [1.29, 1.82) is 0 Å². The Kier molecular flexibility index (Phi) is 6.86. The average Bonchev–Trinajstić information content (AvgIpc) is 2.73. The average molecular weight is 401 g/mol. The second-order valence-electron chi connectivity index (χ2n) is 7.26. The van der Waals surface area contributed by atoms with Crippen molar-refractivity contribution < 1.29 is 13.2 Å². The number of rotatable bonds is 7. The maximum absolute atomic E-state index is 12.5. The highest BCUT2D eigenvalue weighted by molar-refractivity contribution is 7.89. The summed E-state index contributed by atoms with van der Waals surface area (Å²) in [6, 6.07) is 16.7. The van der Waals surface area contributed by atoms with Crippen LogP contribution >= 0.6 is 0 Å². The largest absolute Gasteiger partial charge is 0.343 e. The number of amides is 1. The van der Waals surface area contributed by atoms with Crippen LogP contribution in [0.4, 0.5) is 0 Å². The second-order valence-corrected chi connectivity index (χ2v) is 8.97. The van der Waals surface area contributed by atoms with E-state index in [1.54, 1.807) is 30.3 Å². The van der Waals surface area contributed by atoms with Gasteiger partial charge in [-0.15, -0.1) is 0 Å². The van der Waals surface area contributed by atoms with Gasteiger partial charge in [-0.05, 0) is 48.9 Å². The molecule has 0 spiro atoms. The zero-order valence-electron chi connectivity index (χ0n) is 16.3. The molecule has 0 aliphatic carbocycles. The molecule has 0 aromatic heterocycles. The van der Waals surface area contributed by atoms with E-state index in [9.17, 15) is 13.2 Å². The Morgan fingerprint density at radius 2 is 1.61 bits per heavy atom. The summed E-state index contributed by atoms with van der Waals surface area (Å²) in [5, 5.41) is 0. The van der Waals surface area contributed by atoms with E-state index >= 15 is 0 Å². The standard InChI is InChI=1S/C22H28N2O3S/c1-2-18-8-10-19(11-9-18)12-13-22(25)24-16-14-20(15-17-24)23-28(26,27)21-6-4-3-5-7-21/h3-11,20,23H,2,12-17H2,1H3. The molecule has 1 aliphatic heterocycles. The first-order valence-electron chi connectivity index (χ1n) is 9.91. The van der Waals surface area contributed by atoms with Gasteiger partial charge in [-0.1, -0.05) is 49.4 Å². The Bertz CT molecular complexity index is 872. The number of nitrogens with zero attached hydrogens (tertiary/aromatic N) is 1. The summed E-state index contributed by atoms with van der Waals surface area (Å²) >= 11 is 0. The summed E-state index contributed by atoms with van der Waals surface area (Å²) in [7, 11) is -3.50. The number of carbonyl (C=O) groups excluding carboxylic acids is 1. The van der Waals surface area contributed by atoms with Crippen LogP contribution in [0.2, 0.25) is 0 Å². The van der Waals surface area contributed by atoms with Gasteiger partial charge >= 0.3 is 0 Å². The van der Waals surface area contributed by atoms with E-state index in [0.717, 1.165) is 12.8 Å². The van der Waals surface area contributed by atoms with Crippen LogP contribution in [0.1, 0.15) is 37.3 Å².